The number of carbonyl (C=O) groups is 2. The normalized spacial score (nSPS) is 11.9. The Balaban J connectivity index is 1.73. The quantitative estimate of drug-likeness (QED) is 0.251. The minimum atomic E-state index is -0.788. The molecule has 0 aliphatic carbocycles. The van der Waals surface area contributed by atoms with Crippen LogP contribution in [0, 0.1) is 6.92 Å². The molecule has 0 bridgehead atoms. The van der Waals surface area contributed by atoms with E-state index in [1.807, 2.05) is 85.8 Å². The first-order valence-electron chi connectivity index (χ1n) is 12.1. The van der Waals surface area contributed by atoms with E-state index in [9.17, 15) is 9.59 Å². The van der Waals surface area contributed by atoms with Crippen molar-refractivity contribution in [1.29, 1.82) is 0 Å². The fourth-order valence-corrected chi connectivity index (χ4v) is 4.87. The molecular weight excluding hydrogens is 446 g/mol. The summed E-state index contributed by atoms with van der Waals surface area (Å²) in [5.74, 6) is -0.691. The van der Waals surface area contributed by atoms with Gasteiger partial charge >= 0.3 is 5.97 Å². The third-order valence-electron chi connectivity index (χ3n) is 6.57. The smallest absolute Gasteiger partial charge is 0.328 e. The standard InChI is InChI=1S/C32H31NO3/c1-24-13-12-14-25(21-24)22-29(31(35)36-2)33-30(34)23-32(26-15-6-3-7-16-26,27-17-8-4-9-18-27)28-19-10-5-11-20-28/h3-21,29H,22-23H2,1-2H3,(H,33,34)/t29-/m0/s1. The topological polar surface area (TPSA) is 55.4 Å². The minimum absolute atomic E-state index is 0.131. The van der Waals surface area contributed by atoms with Gasteiger partial charge in [0.15, 0.2) is 0 Å². The van der Waals surface area contributed by atoms with Crippen molar-refractivity contribution < 1.29 is 14.3 Å². The van der Waals surface area contributed by atoms with Crippen LogP contribution in [0.4, 0.5) is 0 Å². The Kier molecular flexibility index (Phi) is 7.96. The van der Waals surface area contributed by atoms with Crippen LogP contribution < -0.4 is 5.32 Å². The first-order chi connectivity index (χ1) is 17.5. The van der Waals surface area contributed by atoms with Crippen LogP contribution >= 0.6 is 0 Å². The van der Waals surface area contributed by atoms with Gasteiger partial charge in [-0.05, 0) is 29.2 Å². The Morgan fingerprint density at radius 1 is 0.750 bits per heavy atom. The predicted molar refractivity (Wildman–Crippen MR) is 143 cm³/mol. The van der Waals surface area contributed by atoms with Gasteiger partial charge in [0.05, 0.1) is 12.5 Å². The summed E-state index contributed by atoms with van der Waals surface area (Å²) in [5, 5.41) is 2.99. The summed E-state index contributed by atoms with van der Waals surface area (Å²) in [6, 6.07) is 37.3. The molecule has 1 amide bonds. The molecular formula is C32H31NO3. The zero-order chi connectivity index (χ0) is 25.4. The molecule has 0 fully saturated rings. The highest BCUT2D eigenvalue weighted by molar-refractivity contribution is 5.86. The van der Waals surface area contributed by atoms with Crippen molar-refractivity contribution in [2.75, 3.05) is 7.11 Å². The zero-order valence-electron chi connectivity index (χ0n) is 20.7. The average Bonchev–Trinajstić information content (AvgIpc) is 2.92. The molecule has 4 nitrogen and oxygen atoms in total. The SMILES string of the molecule is COC(=O)[C@H](Cc1cccc(C)c1)NC(=O)CC(c1ccccc1)(c1ccccc1)c1ccccc1. The predicted octanol–water partition coefficient (Wildman–Crippen LogP) is 5.62. The van der Waals surface area contributed by atoms with Gasteiger partial charge in [-0.15, -0.1) is 0 Å². The highest BCUT2D eigenvalue weighted by Gasteiger charge is 2.39. The van der Waals surface area contributed by atoms with Gasteiger partial charge in [0.25, 0.3) is 0 Å². The number of benzene rings is 4. The number of amides is 1. The molecule has 4 aromatic carbocycles. The maximum Gasteiger partial charge on any atom is 0.328 e. The molecule has 0 radical (unpaired) electrons. The molecule has 0 unspecified atom stereocenters. The summed E-state index contributed by atoms with van der Waals surface area (Å²) in [6.07, 6.45) is 0.488. The van der Waals surface area contributed by atoms with Gasteiger partial charge in [-0.2, -0.15) is 0 Å². The summed E-state index contributed by atoms with van der Waals surface area (Å²) in [4.78, 5) is 26.4. The van der Waals surface area contributed by atoms with Crippen molar-refractivity contribution in [3.05, 3.63) is 143 Å². The van der Waals surface area contributed by atoms with E-state index in [-0.39, 0.29) is 12.3 Å². The van der Waals surface area contributed by atoms with Crippen molar-refractivity contribution in [2.45, 2.75) is 31.2 Å². The zero-order valence-corrected chi connectivity index (χ0v) is 20.7. The van der Waals surface area contributed by atoms with Gasteiger partial charge in [0.2, 0.25) is 5.91 Å². The second kappa shape index (κ2) is 11.5. The number of methoxy groups -OCH3 is 1. The summed E-state index contributed by atoms with van der Waals surface area (Å²) in [7, 11) is 1.35. The molecule has 36 heavy (non-hydrogen) atoms. The lowest BCUT2D eigenvalue weighted by molar-refractivity contribution is -0.145. The maximum absolute atomic E-state index is 13.7. The van der Waals surface area contributed by atoms with Gasteiger partial charge in [-0.3, -0.25) is 4.79 Å². The van der Waals surface area contributed by atoms with Crippen molar-refractivity contribution in [1.82, 2.24) is 5.32 Å². The van der Waals surface area contributed by atoms with Crippen molar-refractivity contribution >= 4 is 11.9 Å². The molecule has 1 N–H and O–H groups in total. The summed E-state index contributed by atoms with van der Waals surface area (Å²) in [5.41, 5.74) is 4.34. The minimum Gasteiger partial charge on any atom is -0.467 e. The highest BCUT2D eigenvalue weighted by Crippen LogP contribution is 2.42. The second-order valence-corrected chi connectivity index (χ2v) is 9.02. The first-order valence-corrected chi connectivity index (χ1v) is 12.1. The fourth-order valence-electron chi connectivity index (χ4n) is 4.87. The molecule has 0 aliphatic rings. The Morgan fingerprint density at radius 3 is 1.69 bits per heavy atom. The second-order valence-electron chi connectivity index (χ2n) is 9.02. The average molecular weight is 478 g/mol. The van der Waals surface area contributed by atoms with Gasteiger partial charge in [-0.1, -0.05) is 121 Å². The Labute approximate surface area is 213 Å². The molecule has 0 saturated carbocycles. The van der Waals surface area contributed by atoms with E-state index < -0.39 is 17.4 Å². The molecule has 0 aliphatic heterocycles. The number of hydrogen-bond acceptors (Lipinski definition) is 3. The van der Waals surface area contributed by atoms with Crippen molar-refractivity contribution in [3.63, 3.8) is 0 Å². The van der Waals surface area contributed by atoms with E-state index in [0.29, 0.717) is 6.42 Å². The molecule has 182 valence electrons. The van der Waals surface area contributed by atoms with Crippen molar-refractivity contribution in [2.24, 2.45) is 0 Å². The number of aryl methyl sites for hydroxylation is 1. The number of ether oxygens (including phenoxy) is 1. The van der Waals surface area contributed by atoms with Gasteiger partial charge in [0, 0.05) is 12.8 Å². The molecule has 0 aromatic heterocycles. The molecule has 0 heterocycles. The molecule has 4 aromatic rings. The van der Waals surface area contributed by atoms with Crippen molar-refractivity contribution in [3.8, 4) is 0 Å². The molecule has 4 heteroatoms. The van der Waals surface area contributed by atoms with E-state index in [2.05, 4.69) is 41.7 Å². The van der Waals surface area contributed by atoms with Crippen LogP contribution in [-0.2, 0) is 26.2 Å². The summed E-state index contributed by atoms with van der Waals surface area (Å²) < 4.78 is 5.05. The number of hydrogen-bond donors (Lipinski definition) is 1. The monoisotopic (exact) mass is 477 g/mol. The van der Waals surface area contributed by atoms with Gasteiger partial charge in [-0.25, -0.2) is 4.79 Å². The van der Waals surface area contributed by atoms with Crippen LogP contribution in [0.15, 0.2) is 115 Å². The lowest BCUT2D eigenvalue weighted by atomic mass is 9.67. The van der Waals surface area contributed by atoms with Crippen LogP contribution in [0.2, 0.25) is 0 Å². The van der Waals surface area contributed by atoms with E-state index in [4.69, 9.17) is 4.74 Å². The third kappa shape index (κ3) is 5.55. The first kappa shape index (κ1) is 24.9. The summed E-state index contributed by atoms with van der Waals surface area (Å²) >= 11 is 0. The summed E-state index contributed by atoms with van der Waals surface area (Å²) in [6.45, 7) is 2.00. The number of rotatable bonds is 9. The largest absolute Gasteiger partial charge is 0.467 e. The van der Waals surface area contributed by atoms with Crippen LogP contribution in [0.25, 0.3) is 0 Å². The van der Waals surface area contributed by atoms with Gasteiger partial charge < -0.3 is 10.1 Å². The molecule has 1 atom stereocenters. The number of esters is 1. The molecule has 4 rings (SSSR count). The Bertz CT molecular complexity index is 1190. The van der Waals surface area contributed by atoms with E-state index in [1.54, 1.807) is 0 Å². The maximum atomic E-state index is 13.7. The van der Waals surface area contributed by atoms with Crippen LogP contribution in [0.5, 0.6) is 0 Å². The molecule has 0 saturated heterocycles. The van der Waals surface area contributed by atoms with Crippen LogP contribution in [-0.4, -0.2) is 25.0 Å². The van der Waals surface area contributed by atoms with Crippen LogP contribution in [0.3, 0.4) is 0 Å². The lowest BCUT2D eigenvalue weighted by Gasteiger charge is -2.36. The highest BCUT2D eigenvalue weighted by atomic mass is 16.5. The lowest BCUT2D eigenvalue weighted by Crippen LogP contribution is -2.46. The van der Waals surface area contributed by atoms with E-state index in [1.165, 1.54) is 7.11 Å². The number of nitrogens with one attached hydrogen (secondary N) is 1. The third-order valence-corrected chi connectivity index (χ3v) is 6.57. The number of carbonyl (C=O) groups excluding carboxylic acids is 2. The van der Waals surface area contributed by atoms with Gasteiger partial charge in [0.1, 0.15) is 6.04 Å². The van der Waals surface area contributed by atoms with E-state index >= 15 is 0 Å². The van der Waals surface area contributed by atoms with E-state index in [0.717, 1.165) is 27.8 Å². The molecule has 0 spiro atoms. The van der Waals surface area contributed by atoms with Crippen LogP contribution in [0.1, 0.15) is 34.2 Å². The Morgan fingerprint density at radius 2 is 1.25 bits per heavy atom. The Hall–Kier alpha value is -4.18. The fraction of sp³-hybridized carbons (Fsp3) is 0.188.